The van der Waals surface area contributed by atoms with Gasteiger partial charge in [-0.1, -0.05) is 0 Å². The second kappa shape index (κ2) is 4.65. The Kier molecular flexibility index (Phi) is 3.47. The minimum atomic E-state index is -1.38. The molecule has 0 atom stereocenters. The number of benzene rings is 1. The third-order valence-corrected chi connectivity index (χ3v) is 2.21. The van der Waals surface area contributed by atoms with Crippen LogP contribution in [0.2, 0.25) is 0 Å². The lowest BCUT2D eigenvalue weighted by Gasteiger charge is -2.09. The molecule has 0 spiro atoms. The molecule has 0 aliphatic heterocycles. The van der Waals surface area contributed by atoms with Gasteiger partial charge in [0.2, 0.25) is 0 Å². The fourth-order valence-corrected chi connectivity index (χ4v) is 1.45. The van der Waals surface area contributed by atoms with E-state index in [2.05, 4.69) is 6.92 Å². The van der Waals surface area contributed by atoms with E-state index < -0.39 is 17.9 Å². The third-order valence-electron chi connectivity index (χ3n) is 2.21. The first-order chi connectivity index (χ1) is 7.88. The fraction of sp³-hybridized carbons (Fsp3) is 0.0909. The molecule has 0 saturated heterocycles. The van der Waals surface area contributed by atoms with E-state index in [0.717, 1.165) is 12.1 Å². The Morgan fingerprint density at radius 1 is 0.941 bits per heavy atom. The van der Waals surface area contributed by atoms with Crippen LogP contribution in [-0.4, -0.2) is 33.2 Å². The molecule has 0 aromatic heterocycles. The van der Waals surface area contributed by atoms with Crippen LogP contribution < -0.4 is 0 Å². The number of carboxylic acids is 3. The van der Waals surface area contributed by atoms with Gasteiger partial charge in [0.25, 0.3) is 0 Å². The van der Waals surface area contributed by atoms with Crippen LogP contribution in [0.3, 0.4) is 0 Å². The monoisotopic (exact) mass is 237 g/mol. The molecule has 0 saturated carbocycles. The lowest BCUT2D eigenvalue weighted by molar-refractivity contribution is 0.0695. The Labute approximate surface area is 96.1 Å². The zero-order chi connectivity index (χ0) is 13.2. The van der Waals surface area contributed by atoms with Crippen LogP contribution in [0.5, 0.6) is 0 Å². The van der Waals surface area contributed by atoms with E-state index in [1.54, 1.807) is 0 Å². The van der Waals surface area contributed by atoms with Gasteiger partial charge in [-0.2, -0.15) is 0 Å². The summed E-state index contributed by atoms with van der Waals surface area (Å²) in [5.74, 6) is -4.14. The smallest absolute Gasteiger partial charge is 0.336 e. The third kappa shape index (κ3) is 2.41. The van der Waals surface area contributed by atoms with Gasteiger partial charge in [-0.3, -0.25) is 0 Å². The second-order valence-electron chi connectivity index (χ2n) is 3.22. The highest BCUT2D eigenvalue weighted by Crippen LogP contribution is 2.19. The summed E-state index contributed by atoms with van der Waals surface area (Å²) in [4.78, 5) is 32.6. The van der Waals surface area contributed by atoms with Gasteiger partial charge in [-0.25, -0.2) is 14.4 Å². The van der Waals surface area contributed by atoms with E-state index in [9.17, 15) is 14.4 Å². The molecular formula is C11H9O6. The summed E-state index contributed by atoms with van der Waals surface area (Å²) in [5, 5.41) is 26.6. The Hall–Kier alpha value is -2.37. The average molecular weight is 237 g/mol. The van der Waals surface area contributed by atoms with Crippen LogP contribution in [0, 0.1) is 6.92 Å². The van der Waals surface area contributed by atoms with Gasteiger partial charge in [0.15, 0.2) is 0 Å². The van der Waals surface area contributed by atoms with Crippen LogP contribution in [-0.2, 0) is 6.42 Å². The average Bonchev–Trinajstić information content (AvgIpc) is 2.26. The largest absolute Gasteiger partial charge is 0.478 e. The number of aromatic carboxylic acids is 3. The first-order valence-electron chi connectivity index (χ1n) is 4.54. The van der Waals surface area contributed by atoms with Crippen molar-refractivity contribution in [3.05, 3.63) is 41.3 Å². The van der Waals surface area contributed by atoms with Gasteiger partial charge in [0.05, 0.1) is 16.7 Å². The number of hydrogen-bond acceptors (Lipinski definition) is 3. The Balaban J connectivity index is 3.63. The zero-order valence-corrected chi connectivity index (χ0v) is 8.64. The second-order valence-corrected chi connectivity index (χ2v) is 3.22. The fourth-order valence-electron chi connectivity index (χ4n) is 1.45. The lowest BCUT2D eigenvalue weighted by atomic mass is 9.95. The maximum atomic E-state index is 10.9. The molecule has 89 valence electrons. The van der Waals surface area contributed by atoms with E-state index in [4.69, 9.17) is 15.3 Å². The summed E-state index contributed by atoms with van der Waals surface area (Å²) in [7, 11) is 0. The molecule has 1 rings (SSSR count). The van der Waals surface area contributed by atoms with Crippen molar-refractivity contribution in [2.45, 2.75) is 6.42 Å². The first-order valence-corrected chi connectivity index (χ1v) is 4.54. The molecule has 1 radical (unpaired) electrons. The highest BCUT2D eigenvalue weighted by molar-refractivity contribution is 6.01. The Morgan fingerprint density at radius 2 is 1.35 bits per heavy atom. The topological polar surface area (TPSA) is 112 Å². The van der Waals surface area contributed by atoms with Gasteiger partial charge in [0, 0.05) is 0 Å². The molecule has 17 heavy (non-hydrogen) atoms. The normalized spacial score (nSPS) is 9.94. The van der Waals surface area contributed by atoms with Crippen molar-refractivity contribution in [1.82, 2.24) is 0 Å². The highest BCUT2D eigenvalue weighted by atomic mass is 16.4. The van der Waals surface area contributed by atoms with Crippen molar-refractivity contribution < 1.29 is 29.7 Å². The van der Waals surface area contributed by atoms with Crippen LogP contribution in [0.1, 0.15) is 36.6 Å². The minimum Gasteiger partial charge on any atom is -0.478 e. The SMILES string of the molecule is [CH2]Cc1c(C(=O)O)cc(C(=O)O)cc1C(=O)O. The Morgan fingerprint density at radius 3 is 1.59 bits per heavy atom. The quantitative estimate of drug-likeness (QED) is 0.724. The van der Waals surface area contributed by atoms with E-state index in [0.29, 0.717) is 0 Å². The number of carbonyl (C=O) groups is 3. The molecule has 0 fully saturated rings. The van der Waals surface area contributed by atoms with Gasteiger partial charge in [0.1, 0.15) is 0 Å². The highest BCUT2D eigenvalue weighted by Gasteiger charge is 2.20. The summed E-state index contributed by atoms with van der Waals surface area (Å²) < 4.78 is 0. The van der Waals surface area contributed by atoms with Crippen LogP contribution >= 0.6 is 0 Å². The minimum absolute atomic E-state index is 0.00926. The summed E-state index contributed by atoms with van der Waals surface area (Å²) in [6, 6.07) is 1.86. The molecular weight excluding hydrogens is 228 g/mol. The van der Waals surface area contributed by atoms with Crippen molar-refractivity contribution in [3.63, 3.8) is 0 Å². The summed E-state index contributed by atoms with van der Waals surface area (Å²) in [5.41, 5.74) is -1.07. The predicted octanol–water partition coefficient (Wildman–Crippen LogP) is 1.16. The summed E-state index contributed by atoms with van der Waals surface area (Å²) in [6.45, 7) is 3.44. The van der Waals surface area contributed by atoms with Crippen molar-refractivity contribution >= 4 is 17.9 Å². The maximum absolute atomic E-state index is 10.9. The molecule has 3 N–H and O–H groups in total. The van der Waals surface area contributed by atoms with Crippen molar-refractivity contribution in [1.29, 1.82) is 0 Å². The number of hydrogen-bond donors (Lipinski definition) is 3. The maximum Gasteiger partial charge on any atom is 0.336 e. The van der Waals surface area contributed by atoms with Gasteiger partial charge >= 0.3 is 17.9 Å². The van der Waals surface area contributed by atoms with Crippen molar-refractivity contribution in [2.24, 2.45) is 0 Å². The van der Waals surface area contributed by atoms with Gasteiger partial charge in [-0.15, -0.1) is 0 Å². The molecule has 6 heteroatoms. The first kappa shape index (κ1) is 12.7. The summed E-state index contributed by atoms with van der Waals surface area (Å²) >= 11 is 0. The lowest BCUT2D eigenvalue weighted by Crippen LogP contribution is -2.12. The van der Waals surface area contributed by atoms with E-state index >= 15 is 0 Å². The molecule has 1 aromatic carbocycles. The molecule has 0 bridgehead atoms. The van der Waals surface area contributed by atoms with Crippen LogP contribution in [0.4, 0.5) is 0 Å². The van der Waals surface area contributed by atoms with E-state index in [-0.39, 0.29) is 28.7 Å². The molecule has 6 nitrogen and oxygen atoms in total. The molecule has 0 amide bonds. The molecule has 1 aromatic rings. The van der Waals surface area contributed by atoms with Gasteiger partial charge in [-0.05, 0) is 31.0 Å². The van der Waals surface area contributed by atoms with Crippen molar-refractivity contribution in [3.8, 4) is 0 Å². The number of carboxylic acid groups (broad SMARTS) is 3. The van der Waals surface area contributed by atoms with E-state index in [1.165, 1.54) is 0 Å². The van der Waals surface area contributed by atoms with Crippen LogP contribution in [0.25, 0.3) is 0 Å². The Bertz CT molecular complexity index is 468. The predicted molar refractivity (Wildman–Crippen MR) is 56.4 cm³/mol. The molecule has 0 heterocycles. The standard InChI is InChI=1S/C11H9O6/c1-2-6-7(10(14)15)3-5(9(12)13)4-8(6)11(16)17/h3-4H,1-2H2,(H,12,13)(H,14,15)(H,16,17). The molecule has 0 aliphatic rings. The van der Waals surface area contributed by atoms with Crippen LogP contribution in [0.15, 0.2) is 12.1 Å². The van der Waals surface area contributed by atoms with Crippen molar-refractivity contribution in [2.75, 3.05) is 0 Å². The molecule has 0 unspecified atom stereocenters. The summed E-state index contributed by atoms with van der Waals surface area (Å²) in [6.07, 6.45) is -0.0524. The number of rotatable bonds is 4. The zero-order valence-electron chi connectivity index (χ0n) is 8.64. The van der Waals surface area contributed by atoms with Gasteiger partial charge < -0.3 is 15.3 Å². The molecule has 0 aliphatic carbocycles. The van der Waals surface area contributed by atoms with E-state index in [1.807, 2.05) is 0 Å².